The van der Waals surface area contributed by atoms with Gasteiger partial charge < -0.3 is 9.84 Å². The molecule has 0 aromatic heterocycles. The van der Waals surface area contributed by atoms with E-state index in [9.17, 15) is 9.90 Å². The molecule has 4 fully saturated rings. The average molecular weight is 413 g/mol. The zero-order valence-electron chi connectivity index (χ0n) is 17.9. The molecule has 0 spiro atoms. The van der Waals surface area contributed by atoms with Gasteiger partial charge in [0, 0.05) is 5.56 Å². The number of carbonyl (C=O) groups is 1. The van der Waals surface area contributed by atoms with E-state index in [-0.39, 0.29) is 11.4 Å². The molecular weight excluding hydrogens is 384 g/mol. The van der Waals surface area contributed by atoms with E-state index in [1.807, 2.05) is 30.3 Å². The SMILES string of the molecule is COC(=O)c1ccc2cc(-c3ccc(O)c(C45CC6CC(CC(C6)C4)C5)c3)ccc2c1. The Balaban J connectivity index is 1.39. The summed E-state index contributed by atoms with van der Waals surface area (Å²) in [5.74, 6) is 2.69. The molecule has 1 N–H and O–H groups in total. The number of esters is 1. The van der Waals surface area contributed by atoms with Crippen LogP contribution in [0.5, 0.6) is 5.75 Å². The highest BCUT2D eigenvalue weighted by Crippen LogP contribution is 2.62. The summed E-state index contributed by atoms with van der Waals surface area (Å²) in [6, 6.07) is 18.2. The topological polar surface area (TPSA) is 46.5 Å². The summed E-state index contributed by atoms with van der Waals surface area (Å²) in [5, 5.41) is 13.0. The molecule has 0 radical (unpaired) electrons. The number of hydrogen-bond donors (Lipinski definition) is 1. The molecule has 3 aromatic carbocycles. The highest BCUT2D eigenvalue weighted by atomic mass is 16.5. The Kier molecular flexibility index (Phi) is 4.18. The largest absolute Gasteiger partial charge is 0.508 e. The van der Waals surface area contributed by atoms with Gasteiger partial charge in [-0.05, 0) is 114 Å². The normalized spacial score (nSPS) is 28.7. The maximum Gasteiger partial charge on any atom is 0.337 e. The van der Waals surface area contributed by atoms with Crippen LogP contribution in [0.4, 0.5) is 0 Å². The maximum absolute atomic E-state index is 11.8. The molecule has 3 aromatic rings. The molecule has 158 valence electrons. The number of phenols is 1. The fourth-order valence-electron chi connectivity index (χ4n) is 7.25. The predicted molar refractivity (Wildman–Crippen MR) is 122 cm³/mol. The minimum absolute atomic E-state index is 0.168. The lowest BCUT2D eigenvalue weighted by Gasteiger charge is -2.57. The highest BCUT2D eigenvalue weighted by Gasteiger charge is 2.52. The van der Waals surface area contributed by atoms with Crippen molar-refractivity contribution in [2.45, 2.75) is 43.9 Å². The van der Waals surface area contributed by atoms with E-state index in [0.717, 1.165) is 39.7 Å². The molecule has 0 saturated heterocycles. The number of phenolic OH excluding ortho intramolecular Hbond substituents is 1. The second-order valence-corrected chi connectivity index (χ2v) is 10.2. The average Bonchev–Trinajstić information content (AvgIpc) is 2.77. The number of hydrogen-bond acceptors (Lipinski definition) is 3. The number of methoxy groups -OCH3 is 1. The summed E-state index contributed by atoms with van der Waals surface area (Å²) in [7, 11) is 1.40. The molecule has 3 nitrogen and oxygen atoms in total. The van der Waals surface area contributed by atoms with Crippen molar-refractivity contribution < 1.29 is 14.6 Å². The van der Waals surface area contributed by atoms with Crippen molar-refractivity contribution in [3.63, 3.8) is 0 Å². The summed E-state index contributed by atoms with van der Waals surface area (Å²) in [6.45, 7) is 0. The van der Waals surface area contributed by atoms with Crippen molar-refractivity contribution in [2.24, 2.45) is 17.8 Å². The van der Waals surface area contributed by atoms with E-state index in [1.165, 1.54) is 51.2 Å². The maximum atomic E-state index is 11.8. The number of fused-ring (bicyclic) bond motifs is 1. The Labute approximate surface area is 183 Å². The van der Waals surface area contributed by atoms with Gasteiger partial charge in [-0.3, -0.25) is 0 Å². The smallest absolute Gasteiger partial charge is 0.337 e. The van der Waals surface area contributed by atoms with Gasteiger partial charge in [0.15, 0.2) is 0 Å². The Morgan fingerprint density at radius 3 is 2.10 bits per heavy atom. The molecule has 0 amide bonds. The number of aromatic hydroxyl groups is 1. The summed E-state index contributed by atoms with van der Waals surface area (Å²) >= 11 is 0. The van der Waals surface area contributed by atoms with Crippen LogP contribution in [0.25, 0.3) is 21.9 Å². The van der Waals surface area contributed by atoms with Crippen LogP contribution in [-0.4, -0.2) is 18.2 Å². The van der Waals surface area contributed by atoms with Gasteiger partial charge in [0.05, 0.1) is 12.7 Å². The van der Waals surface area contributed by atoms with E-state index in [0.29, 0.717) is 11.3 Å². The quantitative estimate of drug-likeness (QED) is 0.502. The van der Waals surface area contributed by atoms with Gasteiger partial charge in [0.25, 0.3) is 0 Å². The lowest BCUT2D eigenvalue weighted by atomic mass is 9.48. The minimum Gasteiger partial charge on any atom is -0.508 e. The fourth-order valence-corrected chi connectivity index (χ4v) is 7.25. The van der Waals surface area contributed by atoms with Crippen molar-refractivity contribution in [3.8, 4) is 16.9 Å². The van der Waals surface area contributed by atoms with Crippen LogP contribution in [0.1, 0.15) is 54.4 Å². The first-order valence-corrected chi connectivity index (χ1v) is 11.5. The van der Waals surface area contributed by atoms with Crippen LogP contribution >= 0.6 is 0 Å². The molecular formula is C28H28O3. The summed E-state index contributed by atoms with van der Waals surface area (Å²) in [6.07, 6.45) is 7.92. The molecule has 31 heavy (non-hydrogen) atoms. The molecule has 4 bridgehead atoms. The van der Waals surface area contributed by atoms with Crippen molar-refractivity contribution in [1.29, 1.82) is 0 Å². The Morgan fingerprint density at radius 1 is 0.839 bits per heavy atom. The number of rotatable bonds is 3. The van der Waals surface area contributed by atoms with Crippen LogP contribution in [0.15, 0.2) is 54.6 Å². The van der Waals surface area contributed by atoms with Gasteiger partial charge in [-0.15, -0.1) is 0 Å². The Bertz CT molecular complexity index is 1160. The van der Waals surface area contributed by atoms with Crippen molar-refractivity contribution in [1.82, 2.24) is 0 Å². The van der Waals surface area contributed by atoms with Crippen molar-refractivity contribution >= 4 is 16.7 Å². The van der Waals surface area contributed by atoms with Crippen LogP contribution in [0.2, 0.25) is 0 Å². The lowest BCUT2D eigenvalue weighted by Crippen LogP contribution is -2.48. The number of ether oxygens (including phenoxy) is 1. The van der Waals surface area contributed by atoms with E-state index < -0.39 is 0 Å². The molecule has 7 rings (SSSR count). The van der Waals surface area contributed by atoms with E-state index in [4.69, 9.17) is 4.74 Å². The molecule has 0 unspecified atom stereocenters. The van der Waals surface area contributed by atoms with E-state index in [2.05, 4.69) is 24.3 Å². The molecule has 4 aliphatic carbocycles. The Hall–Kier alpha value is -2.81. The van der Waals surface area contributed by atoms with Gasteiger partial charge in [-0.2, -0.15) is 0 Å². The first-order valence-electron chi connectivity index (χ1n) is 11.5. The fraction of sp³-hybridized carbons (Fsp3) is 0.393. The second kappa shape index (κ2) is 6.85. The molecule has 0 heterocycles. The van der Waals surface area contributed by atoms with E-state index >= 15 is 0 Å². The zero-order chi connectivity index (χ0) is 21.2. The zero-order valence-corrected chi connectivity index (χ0v) is 17.9. The summed E-state index contributed by atoms with van der Waals surface area (Å²) in [5.41, 5.74) is 4.20. The molecule has 0 atom stereocenters. The van der Waals surface area contributed by atoms with Gasteiger partial charge >= 0.3 is 5.97 Å². The lowest BCUT2D eigenvalue weighted by molar-refractivity contribution is -0.00611. The summed E-state index contributed by atoms with van der Waals surface area (Å²) in [4.78, 5) is 11.8. The minimum atomic E-state index is -0.315. The molecule has 4 aliphatic rings. The van der Waals surface area contributed by atoms with Gasteiger partial charge in [-0.1, -0.05) is 24.3 Å². The standard InChI is InChI=1S/C28H28O3/c1-31-27(30)24-5-4-20-11-21(2-3-22(20)12-24)23-6-7-26(29)25(13-23)28-14-17-8-18(15-28)10-19(9-17)16-28/h2-7,11-13,17-19,29H,8-10,14-16H2,1H3. The molecule has 0 aliphatic heterocycles. The third-order valence-electron chi connectivity index (χ3n) is 8.20. The summed E-state index contributed by atoms with van der Waals surface area (Å²) < 4.78 is 4.84. The van der Waals surface area contributed by atoms with Crippen molar-refractivity contribution in [3.05, 3.63) is 65.7 Å². The number of carbonyl (C=O) groups excluding carboxylic acids is 1. The van der Waals surface area contributed by atoms with E-state index in [1.54, 1.807) is 0 Å². The van der Waals surface area contributed by atoms with Crippen LogP contribution in [0.3, 0.4) is 0 Å². The second-order valence-electron chi connectivity index (χ2n) is 10.2. The predicted octanol–water partition coefficient (Wildman–Crippen LogP) is 6.47. The first-order chi connectivity index (χ1) is 15.0. The first kappa shape index (κ1) is 18.9. The van der Waals surface area contributed by atoms with Gasteiger partial charge in [-0.25, -0.2) is 4.79 Å². The third-order valence-corrected chi connectivity index (χ3v) is 8.20. The monoisotopic (exact) mass is 412 g/mol. The highest BCUT2D eigenvalue weighted by molar-refractivity contribution is 5.96. The van der Waals surface area contributed by atoms with Crippen LogP contribution in [0, 0.1) is 17.8 Å². The van der Waals surface area contributed by atoms with Crippen molar-refractivity contribution in [2.75, 3.05) is 7.11 Å². The van der Waals surface area contributed by atoms with Crippen LogP contribution < -0.4 is 0 Å². The van der Waals surface area contributed by atoms with Gasteiger partial charge in [0.2, 0.25) is 0 Å². The number of benzene rings is 3. The Morgan fingerprint density at radius 2 is 1.42 bits per heavy atom. The molecule has 4 saturated carbocycles. The third kappa shape index (κ3) is 3.05. The molecule has 3 heteroatoms. The van der Waals surface area contributed by atoms with Crippen LogP contribution in [-0.2, 0) is 10.2 Å². The van der Waals surface area contributed by atoms with Gasteiger partial charge in [0.1, 0.15) is 5.75 Å².